The van der Waals surface area contributed by atoms with Crippen LogP contribution in [0.4, 0.5) is 13.2 Å². The monoisotopic (exact) mass is 230 g/mol. The molecule has 6 heteroatoms. The molecule has 0 saturated heterocycles. The van der Waals surface area contributed by atoms with Crippen molar-refractivity contribution in [2.75, 3.05) is 6.54 Å². The molecule has 0 unspecified atom stereocenters. The molecule has 2 rings (SSSR count). The second kappa shape index (κ2) is 3.79. The van der Waals surface area contributed by atoms with Crippen LogP contribution in [0.2, 0.25) is 0 Å². The zero-order valence-electron chi connectivity index (χ0n) is 8.21. The number of nitrogens with zero attached hydrogens (tertiary/aromatic N) is 1. The molecule has 0 spiro atoms. The van der Waals surface area contributed by atoms with Crippen molar-refractivity contribution in [3.05, 3.63) is 29.5 Å². The Kier molecular flexibility index (Phi) is 2.59. The number of hydrogen-bond donors (Lipinski definition) is 1. The maximum atomic E-state index is 12.5. The van der Waals surface area contributed by atoms with Crippen LogP contribution >= 0.6 is 0 Å². The molecule has 0 radical (unpaired) electrons. The fraction of sp³-hybridized carbons (Fsp3) is 0.300. The highest BCUT2D eigenvalue weighted by Gasteiger charge is 2.36. The van der Waals surface area contributed by atoms with Gasteiger partial charge in [0.2, 0.25) is 0 Å². The van der Waals surface area contributed by atoms with Gasteiger partial charge in [0, 0.05) is 0 Å². The van der Waals surface area contributed by atoms with E-state index >= 15 is 0 Å². The van der Waals surface area contributed by atoms with Gasteiger partial charge < -0.3 is 10.3 Å². The van der Waals surface area contributed by atoms with Gasteiger partial charge in [-0.05, 0) is 30.7 Å². The van der Waals surface area contributed by atoms with Crippen molar-refractivity contribution in [2.45, 2.75) is 12.6 Å². The lowest BCUT2D eigenvalue weighted by Gasteiger charge is -2.02. The summed E-state index contributed by atoms with van der Waals surface area (Å²) in [4.78, 5) is 0. The Labute approximate surface area is 89.0 Å². The molecular weight excluding hydrogens is 221 g/mol. The summed E-state index contributed by atoms with van der Waals surface area (Å²) in [5.41, 5.74) is 5.23. The maximum absolute atomic E-state index is 12.5. The molecule has 1 aromatic heterocycles. The van der Waals surface area contributed by atoms with E-state index in [1.807, 2.05) is 0 Å². The van der Waals surface area contributed by atoms with Gasteiger partial charge in [-0.3, -0.25) is 0 Å². The van der Waals surface area contributed by atoms with Gasteiger partial charge in [0.15, 0.2) is 11.3 Å². The van der Waals surface area contributed by atoms with Gasteiger partial charge in [-0.25, -0.2) is 0 Å². The maximum Gasteiger partial charge on any atom is 0.437 e. The first-order valence-corrected chi connectivity index (χ1v) is 4.68. The van der Waals surface area contributed by atoms with Crippen molar-refractivity contribution in [2.24, 2.45) is 5.73 Å². The highest BCUT2D eigenvalue weighted by atomic mass is 19.4. The Morgan fingerprint density at radius 3 is 2.69 bits per heavy atom. The first kappa shape index (κ1) is 10.9. The van der Waals surface area contributed by atoms with Crippen LogP contribution in [-0.2, 0) is 12.6 Å². The van der Waals surface area contributed by atoms with Crippen molar-refractivity contribution in [1.29, 1.82) is 0 Å². The van der Waals surface area contributed by atoms with Crippen LogP contribution in [-0.4, -0.2) is 11.7 Å². The minimum atomic E-state index is -4.49. The number of hydrogen-bond acceptors (Lipinski definition) is 3. The van der Waals surface area contributed by atoms with E-state index in [0.29, 0.717) is 13.0 Å². The van der Waals surface area contributed by atoms with E-state index in [4.69, 9.17) is 5.73 Å². The molecule has 16 heavy (non-hydrogen) atoms. The predicted molar refractivity (Wildman–Crippen MR) is 51.8 cm³/mol. The number of alkyl halides is 3. The van der Waals surface area contributed by atoms with Crippen LogP contribution in [0, 0.1) is 0 Å². The third-order valence-corrected chi connectivity index (χ3v) is 2.24. The molecule has 0 saturated carbocycles. The minimum Gasteiger partial charge on any atom is -0.356 e. The average Bonchev–Trinajstić information content (AvgIpc) is 2.60. The first-order chi connectivity index (χ1) is 7.52. The van der Waals surface area contributed by atoms with Crippen molar-refractivity contribution < 1.29 is 17.7 Å². The normalized spacial score (nSPS) is 12.2. The molecule has 3 nitrogen and oxygen atoms in total. The zero-order chi connectivity index (χ0) is 11.8. The molecule has 0 aliphatic heterocycles. The Morgan fingerprint density at radius 2 is 2.06 bits per heavy atom. The van der Waals surface area contributed by atoms with E-state index < -0.39 is 11.9 Å². The summed E-state index contributed by atoms with van der Waals surface area (Å²) < 4.78 is 42.2. The molecule has 2 aromatic rings. The van der Waals surface area contributed by atoms with E-state index in [1.165, 1.54) is 12.1 Å². The van der Waals surface area contributed by atoms with Crippen molar-refractivity contribution in [3.8, 4) is 0 Å². The molecule has 0 atom stereocenters. The third kappa shape index (κ3) is 1.88. The molecule has 0 fully saturated rings. The number of halogens is 3. The second-order valence-electron chi connectivity index (χ2n) is 3.40. The van der Waals surface area contributed by atoms with E-state index in [2.05, 4.69) is 9.68 Å². The molecule has 1 aromatic carbocycles. The fourth-order valence-corrected chi connectivity index (χ4v) is 1.51. The van der Waals surface area contributed by atoms with Crippen molar-refractivity contribution in [3.63, 3.8) is 0 Å². The number of aromatic nitrogens is 1. The second-order valence-corrected chi connectivity index (χ2v) is 3.40. The quantitative estimate of drug-likeness (QED) is 0.861. The van der Waals surface area contributed by atoms with Crippen LogP contribution in [0.1, 0.15) is 11.3 Å². The Bertz CT molecular complexity index is 504. The van der Waals surface area contributed by atoms with Crippen molar-refractivity contribution >= 4 is 11.0 Å². The lowest BCUT2D eigenvalue weighted by molar-refractivity contribution is -0.141. The van der Waals surface area contributed by atoms with Gasteiger partial charge in [-0.2, -0.15) is 13.2 Å². The topological polar surface area (TPSA) is 52.0 Å². The van der Waals surface area contributed by atoms with Gasteiger partial charge in [0.05, 0.1) is 5.39 Å². The molecule has 86 valence electrons. The number of rotatable bonds is 2. The molecule has 2 N–H and O–H groups in total. The highest BCUT2D eigenvalue weighted by molar-refractivity contribution is 5.80. The Balaban J connectivity index is 2.56. The Hall–Kier alpha value is -1.56. The molecule has 0 bridgehead atoms. The van der Waals surface area contributed by atoms with E-state index in [1.54, 1.807) is 6.07 Å². The van der Waals surface area contributed by atoms with Crippen LogP contribution in [0.25, 0.3) is 11.0 Å². The van der Waals surface area contributed by atoms with Crippen molar-refractivity contribution in [1.82, 2.24) is 5.16 Å². The SMILES string of the molecule is NCCc1ccc2onc(C(F)(F)F)c2c1. The van der Waals surface area contributed by atoms with E-state index in [9.17, 15) is 13.2 Å². The Morgan fingerprint density at radius 1 is 1.31 bits per heavy atom. The molecular formula is C10H9F3N2O. The van der Waals surface area contributed by atoms with Gasteiger partial charge in [-0.1, -0.05) is 11.2 Å². The summed E-state index contributed by atoms with van der Waals surface area (Å²) in [5, 5.41) is 3.02. The van der Waals surface area contributed by atoms with Crippen LogP contribution in [0.15, 0.2) is 22.7 Å². The smallest absolute Gasteiger partial charge is 0.356 e. The number of fused-ring (bicyclic) bond motifs is 1. The molecule has 0 aliphatic rings. The molecule has 0 aliphatic carbocycles. The number of benzene rings is 1. The first-order valence-electron chi connectivity index (χ1n) is 4.68. The summed E-state index contributed by atoms with van der Waals surface area (Å²) >= 11 is 0. The summed E-state index contributed by atoms with van der Waals surface area (Å²) in [7, 11) is 0. The molecule has 1 heterocycles. The predicted octanol–water partition coefficient (Wildman–Crippen LogP) is 2.35. The van der Waals surface area contributed by atoms with Crippen LogP contribution in [0.3, 0.4) is 0 Å². The summed E-state index contributed by atoms with van der Waals surface area (Å²) in [5.74, 6) is 0. The van der Waals surface area contributed by atoms with Gasteiger partial charge in [-0.15, -0.1) is 0 Å². The van der Waals surface area contributed by atoms with Gasteiger partial charge in [0.25, 0.3) is 0 Å². The summed E-state index contributed by atoms with van der Waals surface area (Å²) in [6.07, 6.45) is -3.97. The van der Waals surface area contributed by atoms with Crippen LogP contribution in [0.5, 0.6) is 0 Å². The average molecular weight is 230 g/mol. The standard InChI is InChI=1S/C10H9F3N2O/c11-10(12,13)9-7-5-6(3-4-14)1-2-8(7)16-15-9/h1-2,5H,3-4,14H2. The highest BCUT2D eigenvalue weighted by Crippen LogP contribution is 2.34. The van der Waals surface area contributed by atoms with Gasteiger partial charge in [0.1, 0.15) is 0 Å². The zero-order valence-corrected chi connectivity index (χ0v) is 8.21. The number of nitrogens with two attached hydrogens (primary N) is 1. The lowest BCUT2D eigenvalue weighted by Crippen LogP contribution is -2.06. The van der Waals surface area contributed by atoms with Gasteiger partial charge >= 0.3 is 6.18 Å². The van der Waals surface area contributed by atoms with E-state index in [0.717, 1.165) is 5.56 Å². The van der Waals surface area contributed by atoms with Crippen LogP contribution < -0.4 is 5.73 Å². The summed E-state index contributed by atoms with van der Waals surface area (Å²) in [6, 6.07) is 4.57. The van der Waals surface area contributed by atoms with E-state index in [-0.39, 0.29) is 11.0 Å². The minimum absolute atomic E-state index is 0.0153. The summed E-state index contributed by atoms with van der Waals surface area (Å²) in [6.45, 7) is 0.387. The largest absolute Gasteiger partial charge is 0.437 e. The third-order valence-electron chi connectivity index (χ3n) is 2.24. The lowest BCUT2D eigenvalue weighted by atomic mass is 10.1. The fourth-order valence-electron chi connectivity index (χ4n) is 1.51. The molecule has 0 amide bonds.